The Morgan fingerprint density at radius 3 is 2.32 bits per heavy atom. The van der Waals surface area contributed by atoms with E-state index in [1.165, 1.54) is 7.11 Å². The molecule has 0 unspecified atom stereocenters. The van der Waals surface area contributed by atoms with E-state index in [2.05, 4.69) is 16.0 Å². The highest BCUT2D eigenvalue weighted by Crippen LogP contribution is 2.28. The van der Waals surface area contributed by atoms with Crippen LogP contribution in [0.1, 0.15) is 10.4 Å². The molecule has 0 radical (unpaired) electrons. The monoisotopic (exact) mass is 439 g/mol. The van der Waals surface area contributed by atoms with Crippen molar-refractivity contribution in [3.05, 3.63) is 77.3 Å². The van der Waals surface area contributed by atoms with Crippen molar-refractivity contribution in [1.82, 2.24) is 0 Å². The topological polar surface area (TPSA) is 88.7 Å². The molecule has 3 aromatic rings. The smallest absolute Gasteiger partial charge is 0.257 e. The van der Waals surface area contributed by atoms with Crippen molar-refractivity contribution in [1.29, 1.82) is 0 Å². The lowest BCUT2D eigenvalue weighted by molar-refractivity contribution is -0.114. The Kier molecular flexibility index (Phi) is 7.35. The fourth-order valence-corrected chi connectivity index (χ4v) is 2.97. The SMILES string of the molecule is COc1ccc(OC)c(NC(=O)CNc2ccccc2C(=O)Nc2ccc(Cl)cc2)c1. The molecule has 0 saturated carbocycles. The van der Waals surface area contributed by atoms with Crippen LogP contribution in [0.5, 0.6) is 11.5 Å². The molecule has 0 heterocycles. The molecule has 0 aliphatic carbocycles. The quantitative estimate of drug-likeness (QED) is 0.475. The first-order valence-electron chi connectivity index (χ1n) is 9.42. The maximum atomic E-state index is 12.7. The summed E-state index contributed by atoms with van der Waals surface area (Å²) >= 11 is 5.88. The molecule has 3 aromatic carbocycles. The molecule has 0 atom stereocenters. The largest absolute Gasteiger partial charge is 0.497 e. The molecule has 8 heteroatoms. The van der Waals surface area contributed by atoms with E-state index in [9.17, 15) is 9.59 Å². The molecule has 0 aliphatic heterocycles. The highest BCUT2D eigenvalue weighted by molar-refractivity contribution is 6.30. The van der Waals surface area contributed by atoms with Gasteiger partial charge in [0.1, 0.15) is 11.5 Å². The zero-order chi connectivity index (χ0) is 22.2. The van der Waals surface area contributed by atoms with Gasteiger partial charge in [-0.2, -0.15) is 0 Å². The number of halogens is 1. The van der Waals surface area contributed by atoms with Crippen molar-refractivity contribution in [2.45, 2.75) is 0 Å². The first-order chi connectivity index (χ1) is 15.0. The molecule has 3 rings (SSSR count). The lowest BCUT2D eigenvalue weighted by atomic mass is 10.1. The predicted octanol–water partition coefficient (Wildman–Crippen LogP) is 4.66. The molecule has 0 aromatic heterocycles. The van der Waals surface area contributed by atoms with Gasteiger partial charge in [-0.25, -0.2) is 0 Å². The number of carbonyl (C=O) groups is 2. The molecular formula is C23H22ClN3O4. The maximum absolute atomic E-state index is 12.7. The number of ether oxygens (including phenoxy) is 2. The van der Waals surface area contributed by atoms with Crippen molar-refractivity contribution in [2.75, 3.05) is 36.7 Å². The number of nitrogens with one attached hydrogen (secondary N) is 3. The molecule has 0 fully saturated rings. The molecule has 160 valence electrons. The van der Waals surface area contributed by atoms with E-state index in [0.29, 0.717) is 39.1 Å². The molecule has 0 saturated heterocycles. The predicted molar refractivity (Wildman–Crippen MR) is 123 cm³/mol. The Bertz CT molecular complexity index is 1070. The number of carbonyl (C=O) groups excluding carboxylic acids is 2. The van der Waals surface area contributed by atoms with Crippen molar-refractivity contribution < 1.29 is 19.1 Å². The molecule has 0 spiro atoms. The summed E-state index contributed by atoms with van der Waals surface area (Å²) in [4.78, 5) is 25.2. The van der Waals surface area contributed by atoms with E-state index in [1.807, 2.05) is 0 Å². The summed E-state index contributed by atoms with van der Waals surface area (Å²) < 4.78 is 10.5. The summed E-state index contributed by atoms with van der Waals surface area (Å²) in [5.74, 6) is 0.491. The highest BCUT2D eigenvalue weighted by atomic mass is 35.5. The standard InChI is InChI=1S/C23H22ClN3O4/c1-30-17-11-12-21(31-2)20(13-17)27-22(28)14-25-19-6-4-3-5-18(19)23(29)26-16-9-7-15(24)8-10-16/h3-13,25H,14H2,1-2H3,(H,26,29)(H,27,28). The van der Waals surface area contributed by atoms with E-state index in [1.54, 1.807) is 73.8 Å². The van der Waals surface area contributed by atoms with Gasteiger partial charge in [0.2, 0.25) is 5.91 Å². The molecule has 31 heavy (non-hydrogen) atoms. The maximum Gasteiger partial charge on any atom is 0.257 e. The van der Waals surface area contributed by atoms with Gasteiger partial charge in [0.05, 0.1) is 32.0 Å². The number of rotatable bonds is 8. The summed E-state index contributed by atoms with van der Waals surface area (Å²) in [5, 5.41) is 9.18. The summed E-state index contributed by atoms with van der Waals surface area (Å²) in [6.07, 6.45) is 0. The second-order valence-electron chi connectivity index (χ2n) is 6.47. The van der Waals surface area contributed by atoms with Gasteiger partial charge in [-0.15, -0.1) is 0 Å². The van der Waals surface area contributed by atoms with Crippen LogP contribution in [0.3, 0.4) is 0 Å². The van der Waals surface area contributed by atoms with Gasteiger partial charge >= 0.3 is 0 Å². The average Bonchev–Trinajstić information content (AvgIpc) is 2.79. The zero-order valence-corrected chi connectivity index (χ0v) is 17.8. The van der Waals surface area contributed by atoms with Gasteiger partial charge in [0.25, 0.3) is 5.91 Å². The first-order valence-corrected chi connectivity index (χ1v) is 9.79. The van der Waals surface area contributed by atoms with Gasteiger partial charge in [0, 0.05) is 22.5 Å². The van der Waals surface area contributed by atoms with Gasteiger partial charge in [-0.3, -0.25) is 9.59 Å². The number of methoxy groups -OCH3 is 2. The zero-order valence-electron chi connectivity index (χ0n) is 17.1. The number of benzene rings is 3. The average molecular weight is 440 g/mol. The third-order valence-electron chi connectivity index (χ3n) is 4.39. The van der Waals surface area contributed by atoms with Crippen LogP contribution >= 0.6 is 11.6 Å². The van der Waals surface area contributed by atoms with Gasteiger partial charge < -0.3 is 25.4 Å². The molecule has 3 N–H and O–H groups in total. The second kappa shape index (κ2) is 10.4. The van der Waals surface area contributed by atoms with Crippen LogP contribution in [0.4, 0.5) is 17.1 Å². The van der Waals surface area contributed by atoms with Gasteiger partial charge in [-0.1, -0.05) is 23.7 Å². The van der Waals surface area contributed by atoms with E-state index in [0.717, 1.165) is 0 Å². The van der Waals surface area contributed by atoms with E-state index in [4.69, 9.17) is 21.1 Å². The Morgan fingerprint density at radius 1 is 0.871 bits per heavy atom. The van der Waals surface area contributed by atoms with Gasteiger partial charge in [-0.05, 0) is 48.5 Å². The van der Waals surface area contributed by atoms with E-state index >= 15 is 0 Å². The molecule has 0 aliphatic rings. The fourth-order valence-electron chi connectivity index (χ4n) is 2.85. The lowest BCUT2D eigenvalue weighted by Gasteiger charge is -2.14. The highest BCUT2D eigenvalue weighted by Gasteiger charge is 2.13. The van der Waals surface area contributed by atoms with Crippen LogP contribution in [0.25, 0.3) is 0 Å². The minimum Gasteiger partial charge on any atom is -0.497 e. The molecule has 7 nitrogen and oxygen atoms in total. The third kappa shape index (κ3) is 5.90. The minimum atomic E-state index is -0.306. The summed E-state index contributed by atoms with van der Waals surface area (Å²) in [5.41, 5.74) is 2.04. The van der Waals surface area contributed by atoms with Crippen LogP contribution in [0.2, 0.25) is 5.02 Å². The van der Waals surface area contributed by atoms with Gasteiger partial charge in [0.15, 0.2) is 0 Å². The fraction of sp³-hybridized carbons (Fsp3) is 0.130. The summed E-state index contributed by atoms with van der Waals surface area (Å²) in [6, 6.07) is 18.9. The number of hydrogen-bond acceptors (Lipinski definition) is 5. The lowest BCUT2D eigenvalue weighted by Crippen LogP contribution is -2.23. The van der Waals surface area contributed by atoms with E-state index < -0.39 is 0 Å². The third-order valence-corrected chi connectivity index (χ3v) is 4.65. The second-order valence-corrected chi connectivity index (χ2v) is 6.91. The van der Waals surface area contributed by atoms with Crippen molar-refractivity contribution in [3.8, 4) is 11.5 Å². The number of para-hydroxylation sites is 1. The normalized spacial score (nSPS) is 10.2. The summed E-state index contributed by atoms with van der Waals surface area (Å²) in [6.45, 7) is -0.0500. The van der Waals surface area contributed by atoms with Crippen LogP contribution < -0.4 is 25.4 Å². The minimum absolute atomic E-state index is 0.0500. The van der Waals surface area contributed by atoms with Crippen molar-refractivity contribution in [3.63, 3.8) is 0 Å². The Morgan fingerprint density at radius 2 is 1.61 bits per heavy atom. The van der Waals surface area contributed by atoms with Crippen molar-refractivity contribution >= 4 is 40.5 Å². The first kappa shape index (κ1) is 22.0. The van der Waals surface area contributed by atoms with Crippen molar-refractivity contribution in [2.24, 2.45) is 0 Å². The Labute approximate surface area is 185 Å². The number of amides is 2. The molecule has 0 bridgehead atoms. The van der Waals surface area contributed by atoms with Crippen LogP contribution in [-0.4, -0.2) is 32.6 Å². The Balaban J connectivity index is 1.66. The van der Waals surface area contributed by atoms with Crippen LogP contribution in [0.15, 0.2) is 66.7 Å². The number of hydrogen-bond donors (Lipinski definition) is 3. The Hall–Kier alpha value is -3.71. The summed E-state index contributed by atoms with van der Waals surface area (Å²) in [7, 11) is 3.06. The molecular weight excluding hydrogens is 418 g/mol. The van der Waals surface area contributed by atoms with E-state index in [-0.39, 0.29) is 18.4 Å². The molecule has 2 amide bonds. The van der Waals surface area contributed by atoms with Crippen LogP contribution in [0, 0.1) is 0 Å². The van der Waals surface area contributed by atoms with Crippen LogP contribution in [-0.2, 0) is 4.79 Å². The number of anilines is 3.